The Morgan fingerprint density at radius 2 is 1.73 bits per heavy atom. The second-order valence-corrected chi connectivity index (χ2v) is 12.4. The minimum atomic E-state index is -1.24. The van der Waals surface area contributed by atoms with E-state index >= 15 is 0 Å². The first kappa shape index (κ1) is 14.9. The van der Waals surface area contributed by atoms with Crippen molar-refractivity contribution < 1.29 is 4.74 Å². The topological polar surface area (TPSA) is 21.3 Å². The van der Waals surface area contributed by atoms with Crippen molar-refractivity contribution in [3.8, 4) is 5.75 Å². The Morgan fingerprint density at radius 1 is 1.20 bits per heavy atom. The van der Waals surface area contributed by atoms with Gasteiger partial charge in [-0.05, 0) is 14.1 Å². The van der Waals surface area contributed by atoms with Crippen molar-refractivity contribution >= 4 is 25.0 Å². The van der Waals surface area contributed by atoms with Gasteiger partial charge in [0, 0.05) is 0 Å². The molecule has 0 bridgehead atoms. The molecule has 0 aromatic heterocycles. The van der Waals surface area contributed by atoms with E-state index in [1.165, 1.54) is 5.56 Å². The summed E-state index contributed by atoms with van der Waals surface area (Å²) in [6.45, 7) is 2.17. The van der Waals surface area contributed by atoms with Crippen molar-refractivity contribution in [3.05, 3.63) is 23.8 Å². The van der Waals surface area contributed by atoms with Gasteiger partial charge in [0.1, 0.15) is 0 Å². The van der Waals surface area contributed by atoms with Gasteiger partial charge in [-0.3, -0.25) is 0 Å². The standard InChI is InChI=1S/C8H9O.C2H7N.2CH3.Bi/c1-7-4-3-5-8(6-7)9-2;1-3-2;;;/h3,5-6H,1-2H3;3H,1-2H3;2*1H3;. The molecule has 0 spiro atoms. The molecule has 0 atom stereocenters. The van der Waals surface area contributed by atoms with Crippen LogP contribution in [0.15, 0.2) is 18.2 Å². The molecule has 86 valence electrons. The second-order valence-electron chi connectivity index (χ2n) is 3.55. The van der Waals surface area contributed by atoms with Crippen LogP contribution in [0.2, 0.25) is 9.26 Å². The van der Waals surface area contributed by atoms with Crippen molar-refractivity contribution in [1.29, 1.82) is 0 Å². The van der Waals surface area contributed by atoms with Crippen LogP contribution in [0, 0.1) is 6.92 Å². The van der Waals surface area contributed by atoms with Crippen LogP contribution in [0.3, 0.4) is 0 Å². The van der Waals surface area contributed by atoms with E-state index in [1.54, 1.807) is 10.4 Å². The Bertz CT molecular complexity index is 287. The third kappa shape index (κ3) is 5.48. The van der Waals surface area contributed by atoms with Gasteiger partial charge in [0.2, 0.25) is 0 Å². The van der Waals surface area contributed by atoms with Crippen LogP contribution < -0.4 is 13.3 Å². The predicted molar refractivity (Wildman–Crippen MR) is 69.8 cm³/mol. The molecule has 0 amide bonds. The van der Waals surface area contributed by atoms with Crippen LogP contribution in [0.1, 0.15) is 5.56 Å². The van der Waals surface area contributed by atoms with Gasteiger partial charge in [0.25, 0.3) is 0 Å². The summed E-state index contributed by atoms with van der Waals surface area (Å²) in [5.74, 6) is 0.974. The van der Waals surface area contributed by atoms with Gasteiger partial charge in [-0.15, -0.1) is 0 Å². The summed E-state index contributed by atoms with van der Waals surface area (Å²) in [7, 11) is 5.46. The molecule has 0 saturated heterocycles. The third-order valence-corrected chi connectivity index (χ3v) is 7.58. The molecule has 0 heterocycles. The zero-order chi connectivity index (χ0) is 11.8. The van der Waals surface area contributed by atoms with E-state index in [9.17, 15) is 0 Å². The SMILES string of the molecule is CNC.COc1cc[c]([Bi]([CH3])[CH3])c(C)c1. The van der Waals surface area contributed by atoms with Crippen molar-refractivity contribution in [3.63, 3.8) is 0 Å². The molecular weight excluding hydrogens is 383 g/mol. The van der Waals surface area contributed by atoms with Crippen LogP contribution in [0.4, 0.5) is 0 Å². The summed E-state index contributed by atoms with van der Waals surface area (Å²) >= 11 is -1.24. The van der Waals surface area contributed by atoms with Crippen LogP contribution in [-0.4, -0.2) is 43.0 Å². The first-order valence-electron chi connectivity index (χ1n) is 4.97. The molecule has 0 saturated carbocycles. The van der Waals surface area contributed by atoms with Crippen LogP contribution >= 0.6 is 0 Å². The molecular formula is C12H22BiNO. The average Bonchev–Trinajstić information content (AvgIpc) is 2.18. The molecule has 2 nitrogen and oxygen atoms in total. The Balaban J connectivity index is 0.000000583. The summed E-state index contributed by atoms with van der Waals surface area (Å²) in [4.78, 5) is 0. The summed E-state index contributed by atoms with van der Waals surface area (Å²) in [6.07, 6.45) is 0. The quantitative estimate of drug-likeness (QED) is 0.758. The van der Waals surface area contributed by atoms with Gasteiger partial charge in [-0.1, -0.05) is 0 Å². The summed E-state index contributed by atoms with van der Waals surface area (Å²) in [5, 5.41) is 2.75. The fourth-order valence-electron chi connectivity index (χ4n) is 1.26. The number of hydrogen-bond acceptors (Lipinski definition) is 2. The predicted octanol–water partition coefficient (Wildman–Crippen LogP) is 1.80. The molecule has 0 radical (unpaired) electrons. The number of nitrogens with one attached hydrogen (secondary N) is 1. The molecule has 0 aliphatic carbocycles. The average molecular weight is 405 g/mol. The molecule has 0 aliphatic rings. The van der Waals surface area contributed by atoms with E-state index in [0.29, 0.717) is 0 Å². The molecule has 15 heavy (non-hydrogen) atoms. The Hall–Kier alpha value is -0.137. The molecule has 1 rings (SSSR count). The van der Waals surface area contributed by atoms with Gasteiger partial charge in [-0.2, -0.15) is 0 Å². The van der Waals surface area contributed by atoms with E-state index in [2.05, 4.69) is 39.7 Å². The third-order valence-electron chi connectivity index (χ3n) is 1.89. The zero-order valence-electron chi connectivity index (χ0n) is 10.6. The summed E-state index contributed by atoms with van der Waals surface area (Å²) in [5.41, 5.74) is 1.40. The van der Waals surface area contributed by atoms with Gasteiger partial charge in [-0.25, -0.2) is 0 Å². The van der Waals surface area contributed by atoms with Crippen LogP contribution in [0.5, 0.6) is 5.75 Å². The van der Waals surface area contributed by atoms with Crippen molar-refractivity contribution in [1.82, 2.24) is 5.32 Å². The first-order chi connectivity index (χ1) is 7.06. The summed E-state index contributed by atoms with van der Waals surface area (Å²) in [6, 6.07) is 6.43. The van der Waals surface area contributed by atoms with Crippen molar-refractivity contribution in [2.45, 2.75) is 16.2 Å². The molecule has 1 aromatic rings. The number of benzene rings is 1. The zero-order valence-corrected chi connectivity index (χ0v) is 14.1. The fourth-order valence-corrected chi connectivity index (χ4v) is 5.70. The monoisotopic (exact) mass is 405 g/mol. The van der Waals surface area contributed by atoms with Crippen molar-refractivity contribution in [2.24, 2.45) is 0 Å². The molecule has 0 unspecified atom stereocenters. The van der Waals surface area contributed by atoms with Crippen LogP contribution in [-0.2, 0) is 0 Å². The molecule has 0 fully saturated rings. The van der Waals surface area contributed by atoms with Gasteiger partial charge in [0.15, 0.2) is 0 Å². The maximum atomic E-state index is 5.15. The molecule has 3 heteroatoms. The fraction of sp³-hybridized carbons (Fsp3) is 0.500. The Morgan fingerprint density at radius 3 is 2.07 bits per heavy atom. The van der Waals surface area contributed by atoms with Gasteiger partial charge < -0.3 is 5.32 Å². The number of ether oxygens (including phenoxy) is 1. The van der Waals surface area contributed by atoms with E-state index in [0.717, 1.165) is 5.75 Å². The number of aryl methyl sites for hydroxylation is 1. The molecule has 1 N–H and O–H groups in total. The van der Waals surface area contributed by atoms with Gasteiger partial charge in [0.05, 0.1) is 0 Å². The molecule has 1 aromatic carbocycles. The van der Waals surface area contributed by atoms with Crippen LogP contribution in [0.25, 0.3) is 0 Å². The van der Waals surface area contributed by atoms with E-state index in [1.807, 2.05) is 14.1 Å². The normalized spacial score (nSPS) is 9.53. The molecule has 0 aliphatic heterocycles. The number of methoxy groups -OCH3 is 1. The van der Waals surface area contributed by atoms with E-state index in [4.69, 9.17) is 4.74 Å². The Kier molecular flexibility index (Phi) is 7.99. The maximum absolute atomic E-state index is 5.15. The first-order valence-corrected chi connectivity index (χ1v) is 13.7. The number of rotatable bonds is 2. The Labute approximate surface area is 102 Å². The number of hydrogen-bond donors (Lipinski definition) is 1. The van der Waals surface area contributed by atoms with E-state index < -0.39 is 21.8 Å². The minimum absolute atomic E-state index is 0.974. The second kappa shape index (κ2) is 8.07. The van der Waals surface area contributed by atoms with Gasteiger partial charge >= 0.3 is 82.6 Å². The van der Waals surface area contributed by atoms with E-state index in [-0.39, 0.29) is 0 Å². The van der Waals surface area contributed by atoms with Crippen molar-refractivity contribution in [2.75, 3.05) is 21.2 Å². The summed E-state index contributed by atoms with van der Waals surface area (Å²) < 4.78 is 11.6.